The number of hydrogen-bond acceptors (Lipinski definition) is 3. The van der Waals surface area contributed by atoms with Gasteiger partial charge in [-0.15, -0.1) is 0 Å². The lowest BCUT2D eigenvalue weighted by atomic mass is 9.96. The van der Waals surface area contributed by atoms with E-state index < -0.39 is 0 Å². The van der Waals surface area contributed by atoms with Crippen LogP contribution in [0.1, 0.15) is 59.7 Å². The summed E-state index contributed by atoms with van der Waals surface area (Å²) in [4.78, 5) is 30.9. The maximum Gasteiger partial charge on any atom is 0.260 e. The smallest absolute Gasteiger partial charge is 0.260 e. The lowest BCUT2D eigenvalue weighted by Crippen LogP contribution is -2.39. The van der Waals surface area contributed by atoms with Crippen LogP contribution in [0.15, 0.2) is 72.8 Å². The highest BCUT2D eigenvalue weighted by atomic mass is 16.2. The third-order valence-corrected chi connectivity index (χ3v) is 6.51. The Bertz CT molecular complexity index is 1210. The molecule has 0 saturated carbocycles. The summed E-state index contributed by atoms with van der Waals surface area (Å²) in [6.45, 7) is 3.37. The lowest BCUT2D eigenvalue weighted by molar-refractivity contribution is -0.118. The molecular weight excluding hydrogens is 434 g/mol. The van der Waals surface area contributed by atoms with Gasteiger partial charge in [0.25, 0.3) is 5.91 Å². The van der Waals surface area contributed by atoms with E-state index in [9.17, 15) is 9.59 Å². The van der Waals surface area contributed by atoms with Crippen molar-refractivity contribution in [1.29, 1.82) is 5.26 Å². The van der Waals surface area contributed by atoms with Gasteiger partial charge in [0.05, 0.1) is 22.9 Å². The second-order valence-electron chi connectivity index (χ2n) is 8.92. The molecule has 178 valence electrons. The van der Waals surface area contributed by atoms with Crippen LogP contribution in [-0.2, 0) is 17.6 Å². The standard InChI is InChI=1S/C30H31N3O2/c1-2-3-20-32(26-11-5-4-6-12-26)30(35)27-13-7-9-25-10-8-21-33(29(25)27)28(34)19-18-23-14-16-24(22-31)17-15-23/h4-7,9,11-17H,2-3,8,10,18-21H2,1H3. The average Bonchev–Trinajstić information content (AvgIpc) is 2.92. The number of carbonyl (C=O) groups is 2. The van der Waals surface area contributed by atoms with Gasteiger partial charge in [0.1, 0.15) is 0 Å². The van der Waals surface area contributed by atoms with E-state index in [1.54, 1.807) is 12.1 Å². The number of anilines is 2. The summed E-state index contributed by atoms with van der Waals surface area (Å²) in [5.74, 6) is -0.0383. The number of amides is 2. The number of rotatable bonds is 8. The number of para-hydroxylation sites is 2. The molecule has 0 saturated heterocycles. The monoisotopic (exact) mass is 465 g/mol. The van der Waals surface area contributed by atoms with Crippen molar-refractivity contribution in [2.24, 2.45) is 0 Å². The first-order valence-electron chi connectivity index (χ1n) is 12.4. The highest BCUT2D eigenvalue weighted by Crippen LogP contribution is 2.33. The Labute approximate surface area is 207 Å². The Morgan fingerprint density at radius 3 is 2.49 bits per heavy atom. The van der Waals surface area contributed by atoms with E-state index in [4.69, 9.17) is 5.26 Å². The Morgan fingerprint density at radius 2 is 1.77 bits per heavy atom. The summed E-state index contributed by atoms with van der Waals surface area (Å²) in [5.41, 5.74) is 4.92. The number of fused-ring (bicyclic) bond motifs is 1. The molecule has 5 heteroatoms. The maximum atomic E-state index is 13.9. The summed E-state index contributed by atoms with van der Waals surface area (Å²) in [5, 5.41) is 9.00. The topological polar surface area (TPSA) is 64.4 Å². The van der Waals surface area contributed by atoms with E-state index in [-0.39, 0.29) is 11.8 Å². The molecule has 0 aliphatic carbocycles. The second kappa shape index (κ2) is 11.5. The fourth-order valence-corrected chi connectivity index (χ4v) is 4.62. The zero-order chi connectivity index (χ0) is 24.6. The maximum absolute atomic E-state index is 13.9. The molecule has 5 nitrogen and oxygen atoms in total. The number of nitriles is 1. The van der Waals surface area contributed by atoms with Crippen LogP contribution in [0.25, 0.3) is 0 Å². The van der Waals surface area contributed by atoms with Gasteiger partial charge in [0.15, 0.2) is 0 Å². The van der Waals surface area contributed by atoms with Crippen LogP contribution in [0.2, 0.25) is 0 Å². The van der Waals surface area contributed by atoms with Crippen LogP contribution >= 0.6 is 0 Å². The van der Waals surface area contributed by atoms with Crippen molar-refractivity contribution in [3.63, 3.8) is 0 Å². The molecule has 0 bridgehead atoms. The fourth-order valence-electron chi connectivity index (χ4n) is 4.62. The van der Waals surface area contributed by atoms with Crippen molar-refractivity contribution in [2.75, 3.05) is 22.9 Å². The number of aryl methyl sites for hydroxylation is 2. The van der Waals surface area contributed by atoms with Crippen molar-refractivity contribution >= 4 is 23.2 Å². The third kappa shape index (κ3) is 5.60. The Balaban J connectivity index is 1.60. The normalized spacial score (nSPS) is 12.5. The minimum atomic E-state index is -0.0618. The molecule has 3 aromatic rings. The number of unbranched alkanes of at least 4 members (excludes halogenated alkanes) is 1. The first-order valence-corrected chi connectivity index (χ1v) is 12.4. The summed E-state index contributed by atoms with van der Waals surface area (Å²) in [7, 11) is 0. The molecule has 2 amide bonds. The zero-order valence-electron chi connectivity index (χ0n) is 20.2. The molecule has 1 heterocycles. The molecular formula is C30H31N3O2. The van der Waals surface area contributed by atoms with Gasteiger partial charge in [-0.3, -0.25) is 9.59 Å². The molecule has 0 radical (unpaired) electrons. The summed E-state index contributed by atoms with van der Waals surface area (Å²) in [6, 6.07) is 25.1. The van der Waals surface area contributed by atoms with E-state index in [0.717, 1.165) is 48.2 Å². The number of benzene rings is 3. The van der Waals surface area contributed by atoms with Gasteiger partial charge < -0.3 is 9.80 Å². The van der Waals surface area contributed by atoms with Gasteiger partial charge in [-0.05, 0) is 67.1 Å². The summed E-state index contributed by atoms with van der Waals surface area (Å²) in [6.07, 6.45) is 4.58. The predicted molar refractivity (Wildman–Crippen MR) is 140 cm³/mol. The molecule has 0 unspecified atom stereocenters. The molecule has 1 aliphatic heterocycles. The number of nitrogens with zero attached hydrogens (tertiary/aromatic N) is 3. The number of carbonyl (C=O) groups excluding carboxylic acids is 2. The van der Waals surface area contributed by atoms with Crippen LogP contribution in [0.3, 0.4) is 0 Å². The highest BCUT2D eigenvalue weighted by molar-refractivity contribution is 6.12. The van der Waals surface area contributed by atoms with Crippen molar-refractivity contribution < 1.29 is 9.59 Å². The van der Waals surface area contributed by atoms with Crippen molar-refractivity contribution in [2.45, 2.75) is 45.4 Å². The molecule has 3 aromatic carbocycles. The van der Waals surface area contributed by atoms with E-state index in [1.807, 2.05) is 70.5 Å². The minimum absolute atomic E-state index is 0.0235. The SMILES string of the molecule is CCCCN(C(=O)c1cccc2c1N(C(=O)CCc1ccc(C#N)cc1)CCC2)c1ccccc1. The Hall–Kier alpha value is -3.91. The van der Waals surface area contributed by atoms with E-state index in [1.165, 1.54) is 0 Å². The highest BCUT2D eigenvalue weighted by Gasteiger charge is 2.29. The summed E-state index contributed by atoms with van der Waals surface area (Å²) < 4.78 is 0. The van der Waals surface area contributed by atoms with Gasteiger partial charge in [-0.25, -0.2) is 0 Å². The molecule has 1 aliphatic rings. The summed E-state index contributed by atoms with van der Waals surface area (Å²) >= 11 is 0. The van der Waals surface area contributed by atoms with Gasteiger partial charge in [0.2, 0.25) is 5.91 Å². The van der Waals surface area contributed by atoms with Gasteiger partial charge >= 0.3 is 0 Å². The molecule has 35 heavy (non-hydrogen) atoms. The van der Waals surface area contributed by atoms with E-state index >= 15 is 0 Å². The van der Waals surface area contributed by atoms with Crippen LogP contribution < -0.4 is 9.80 Å². The zero-order valence-corrected chi connectivity index (χ0v) is 20.2. The van der Waals surface area contributed by atoms with Gasteiger partial charge in [0, 0.05) is 25.2 Å². The van der Waals surface area contributed by atoms with Crippen LogP contribution in [-0.4, -0.2) is 24.9 Å². The molecule has 0 fully saturated rings. The third-order valence-electron chi connectivity index (χ3n) is 6.51. The Kier molecular flexibility index (Phi) is 7.95. The van der Waals surface area contributed by atoms with Gasteiger partial charge in [-0.2, -0.15) is 5.26 Å². The first-order chi connectivity index (χ1) is 17.1. The number of hydrogen-bond donors (Lipinski definition) is 0. The van der Waals surface area contributed by atoms with Gasteiger partial charge in [-0.1, -0.05) is 55.8 Å². The van der Waals surface area contributed by atoms with Crippen molar-refractivity contribution in [3.8, 4) is 6.07 Å². The van der Waals surface area contributed by atoms with Crippen LogP contribution in [0.5, 0.6) is 0 Å². The minimum Gasteiger partial charge on any atom is -0.311 e. The molecule has 0 spiro atoms. The second-order valence-corrected chi connectivity index (χ2v) is 8.92. The first kappa shape index (κ1) is 24.2. The van der Waals surface area contributed by atoms with Crippen LogP contribution in [0.4, 0.5) is 11.4 Å². The van der Waals surface area contributed by atoms with Crippen molar-refractivity contribution in [1.82, 2.24) is 0 Å². The van der Waals surface area contributed by atoms with Crippen molar-refractivity contribution in [3.05, 3.63) is 95.1 Å². The predicted octanol–water partition coefficient (Wildman–Crippen LogP) is 5.92. The Morgan fingerprint density at radius 1 is 1.00 bits per heavy atom. The molecule has 4 rings (SSSR count). The van der Waals surface area contributed by atoms with E-state index in [0.29, 0.717) is 37.1 Å². The fraction of sp³-hybridized carbons (Fsp3) is 0.300. The van der Waals surface area contributed by atoms with E-state index in [2.05, 4.69) is 13.0 Å². The molecule has 0 aromatic heterocycles. The van der Waals surface area contributed by atoms with Crippen LogP contribution in [0, 0.1) is 11.3 Å². The quantitative estimate of drug-likeness (QED) is 0.415. The lowest BCUT2D eigenvalue weighted by Gasteiger charge is -2.33. The molecule has 0 atom stereocenters. The molecule has 0 N–H and O–H groups in total. The average molecular weight is 466 g/mol. The largest absolute Gasteiger partial charge is 0.311 e.